The molecule has 5 nitrogen and oxygen atoms in total. The number of likely N-dealkylation sites (tertiary alicyclic amines) is 1. The van der Waals surface area contributed by atoms with Crippen LogP contribution in [-0.2, 0) is 19.5 Å². The molecule has 1 atom stereocenters. The van der Waals surface area contributed by atoms with Crippen LogP contribution in [0, 0.1) is 5.92 Å². The highest BCUT2D eigenvalue weighted by Crippen LogP contribution is 2.22. The molecule has 17 heavy (non-hydrogen) atoms. The van der Waals surface area contributed by atoms with E-state index in [0.717, 1.165) is 44.0 Å². The van der Waals surface area contributed by atoms with Crippen molar-refractivity contribution in [3.05, 3.63) is 27.4 Å². The Morgan fingerprint density at radius 1 is 1.47 bits per heavy atom. The number of H-pyrrole nitrogens is 1. The van der Waals surface area contributed by atoms with E-state index >= 15 is 0 Å². The number of hydrogen-bond donors (Lipinski definition) is 2. The summed E-state index contributed by atoms with van der Waals surface area (Å²) in [6.45, 7) is 3.90. The van der Waals surface area contributed by atoms with Gasteiger partial charge in [-0.1, -0.05) is 0 Å². The molecule has 2 aliphatic rings. The first kappa shape index (κ1) is 10.9. The van der Waals surface area contributed by atoms with Gasteiger partial charge in [0.25, 0.3) is 0 Å². The van der Waals surface area contributed by atoms with Crippen molar-refractivity contribution in [2.45, 2.75) is 25.9 Å². The zero-order valence-electron chi connectivity index (χ0n) is 10.1. The Balaban J connectivity index is 1.85. The van der Waals surface area contributed by atoms with E-state index in [0.29, 0.717) is 5.92 Å². The van der Waals surface area contributed by atoms with Gasteiger partial charge in [0.1, 0.15) is 0 Å². The highest BCUT2D eigenvalue weighted by atomic mass is 16.1. The maximum Gasteiger partial charge on any atom is 0.345 e. The van der Waals surface area contributed by atoms with Crippen LogP contribution in [0.5, 0.6) is 0 Å². The molecule has 92 valence electrons. The van der Waals surface area contributed by atoms with Crippen LogP contribution in [-0.4, -0.2) is 35.0 Å². The average molecular weight is 234 g/mol. The van der Waals surface area contributed by atoms with Crippen LogP contribution in [0.4, 0.5) is 0 Å². The Labute approximate surface area is 100 Å². The average Bonchev–Trinajstić information content (AvgIpc) is 2.87. The molecule has 1 aromatic heterocycles. The van der Waals surface area contributed by atoms with Crippen molar-refractivity contribution in [3.8, 4) is 0 Å². The Morgan fingerprint density at radius 2 is 2.35 bits per heavy atom. The number of nitrogens with one attached hydrogen (secondary N) is 2. The highest BCUT2D eigenvalue weighted by molar-refractivity contribution is 5.28. The number of fused-ring (bicyclic) bond motifs is 1. The zero-order valence-corrected chi connectivity index (χ0v) is 10.1. The van der Waals surface area contributed by atoms with Crippen LogP contribution in [0.25, 0.3) is 0 Å². The zero-order chi connectivity index (χ0) is 11.8. The quantitative estimate of drug-likeness (QED) is 0.748. The van der Waals surface area contributed by atoms with Crippen molar-refractivity contribution >= 4 is 0 Å². The molecule has 0 saturated carbocycles. The molecule has 3 heterocycles. The molecule has 1 fully saturated rings. The van der Waals surface area contributed by atoms with Crippen LogP contribution in [0.15, 0.2) is 4.79 Å². The third-order valence-electron chi connectivity index (χ3n) is 3.78. The molecule has 0 bridgehead atoms. The van der Waals surface area contributed by atoms with Crippen LogP contribution >= 0.6 is 0 Å². The van der Waals surface area contributed by atoms with E-state index in [1.807, 2.05) is 0 Å². The molecule has 0 radical (unpaired) electrons. The van der Waals surface area contributed by atoms with Crippen molar-refractivity contribution in [3.63, 3.8) is 0 Å². The first-order valence-corrected chi connectivity index (χ1v) is 6.22. The summed E-state index contributed by atoms with van der Waals surface area (Å²) in [4.78, 5) is 20.8. The van der Waals surface area contributed by atoms with Gasteiger partial charge >= 0.3 is 5.69 Å². The summed E-state index contributed by atoms with van der Waals surface area (Å²) >= 11 is 0. The highest BCUT2D eigenvalue weighted by Gasteiger charge is 2.24. The fourth-order valence-electron chi connectivity index (χ4n) is 2.90. The van der Waals surface area contributed by atoms with E-state index in [2.05, 4.69) is 27.2 Å². The summed E-state index contributed by atoms with van der Waals surface area (Å²) in [7, 11) is 2.15. The summed E-state index contributed by atoms with van der Waals surface area (Å²) in [6.07, 6.45) is 2.16. The number of rotatable bonds is 2. The fraction of sp³-hybridized carbons (Fsp3) is 0.667. The molecule has 1 unspecified atom stereocenters. The fourth-order valence-corrected chi connectivity index (χ4v) is 2.90. The first-order valence-electron chi connectivity index (χ1n) is 6.22. The van der Waals surface area contributed by atoms with Gasteiger partial charge in [-0.2, -0.15) is 4.98 Å². The Kier molecular flexibility index (Phi) is 2.72. The lowest BCUT2D eigenvalue weighted by molar-refractivity contribution is 0.393. The van der Waals surface area contributed by atoms with Gasteiger partial charge in [0.15, 0.2) is 0 Å². The molecule has 2 aliphatic heterocycles. The van der Waals surface area contributed by atoms with Gasteiger partial charge in [-0.15, -0.1) is 0 Å². The van der Waals surface area contributed by atoms with Gasteiger partial charge in [-0.05, 0) is 32.4 Å². The van der Waals surface area contributed by atoms with Crippen LogP contribution in [0.1, 0.15) is 23.4 Å². The van der Waals surface area contributed by atoms with E-state index in [1.54, 1.807) is 0 Å². The molecule has 3 rings (SSSR count). The van der Waals surface area contributed by atoms with Gasteiger partial charge in [-0.3, -0.25) is 0 Å². The van der Waals surface area contributed by atoms with Gasteiger partial charge in [0.2, 0.25) is 0 Å². The van der Waals surface area contributed by atoms with Crippen molar-refractivity contribution < 1.29 is 0 Å². The van der Waals surface area contributed by atoms with E-state index in [4.69, 9.17) is 0 Å². The molecule has 0 amide bonds. The summed E-state index contributed by atoms with van der Waals surface area (Å²) in [6, 6.07) is 0. The second-order valence-corrected chi connectivity index (χ2v) is 5.17. The van der Waals surface area contributed by atoms with Crippen molar-refractivity contribution in [2.24, 2.45) is 5.92 Å². The van der Waals surface area contributed by atoms with Gasteiger partial charge in [0, 0.05) is 30.9 Å². The standard InChI is InChI=1S/C12H18N4O/c1-16-3-2-8(7-16)4-10-9-5-13-6-11(9)15-12(17)14-10/h8,13H,2-7H2,1H3,(H,14,15,17). The summed E-state index contributed by atoms with van der Waals surface area (Å²) in [5.74, 6) is 0.652. The maximum atomic E-state index is 11.5. The minimum atomic E-state index is -0.200. The maximum absolute atomic E-state index is 11.5. The number of nitrogens with zero attached hydrogens (tertiary/aromatic N) is 2. The molecule has 1 aromatic rings. The lowest BCUT2D eigenvalue weighted by Crippen LogP contribution is -2.20. The van der Waals surface area contributed by atoms with Crippen molar-refractivity contribution in [1.29, 1.82) is 0 Å². The predicted molar refractivity (Wildman–Crippen MR) is 64.7 cm³/mol. The van der Waals surface area contributed by atoms with E-state index in [1.165, 1.54) is 12.0 Å². The SMILES string of the molecule is CN1CCC(Cc2nc(=O)[nH]c3c2CNC3)C1. The largest absolute Gasteiger partial charge is 0.345 e. The van der Waals surface area contributed by atoms with Crippen LogP contribution in [0.3, 0.4) is 0 Å². The molecule has 5 heteroatoms. The first-order chi connectivity index (χ1) is 8.22. The van der Waals surface area contributed by atoms with E-state index < -0.39 is 0 Å². The van der Waals surface area contributed by atoms with Gasteiger partial charge in [0.05, 0.1) is 5.69 Å². The van der Waals surface area contributed by atoms with Crippen molar-refractivity contribution in [1.82, 2.24) is 20.2 Å². The summed E-state index contributed by atoms with van der Waals surface area (Å²) in [5, 5.41) is 3.27. The van der Waals surface area contributed by atoms with Gasteiger partial charge in [-0.25, -0.2) is 4.79 Å². The van der Waals surface area contributed by atoms with Gasteiger partial charge < -0.3 is 15.2 Å². The molecule has 2 N–H and O–H groups in total. The number of aromatic amines is 1. The van der Waals surface area contributed by atoms with Crippen LogP contribution < -0.4 is 11.0 Å². The normalized spacial score (nSPS) is 24.2. The molecule has 0 aromatic carbocycles. The second kappa shape index (κ2) is 4.23. The third-order valence-corrected chi connectivity index (χ3v) is 3.78. The minimum absolute atomic E-state index is 0.200. The predicted octanol–water partition coefficient (Wildman–Crippen LogP) is -0.133. The molecular weight excluding hydrogens is 216 g/mol. The monoisotopic (exact) mass is 234 g/mol. The lowest BCUT2D eigenvalue weighted by Gasteiger charge is -2.11. The molecule has 1 saturated heterocycles. The third kappa shape index (κ3) is 2.12. The minimum Gasteiger partial charge on any atom is -0.308 e. The Morgan fingerprint density at radius 3 is 3.12 bits per heavy atom. The Hall–Kier alpha value is -1.20. The molecule has 0 spiro atoms. The Bertz CT molecular complexity index is 482. The molecular formula is C12H18N4O. The topological polar surface area (TPSA) is 61.0 Å². The van der Waals surface area contributed by atoms with E-state index in [9.17, 15) is 4.79 Å². The number of aromatic nitrogens is 2. The second-order valence-electron chi connectivity index (χ2n) is 5.17. The van der Waals surface area contributed by atoms with Crippen LogP contribution in [0.2, 0.25) is 0 Å². The smallest absolute Gasteiger partial charge is 0.308 e. The van der Waals surface area contributed by atoms with Crippen molar-refractivity contribution in [2.75, 3.05) is 20.1 Å². The van der Waals surface area contributed by atoms with E-state index in [-0.39, 0.29) is 5.69 Å². The lowest BCUT2D eigenvalue weighted by atomic mass is 9.99. The molecule has 0 aliphatic carbocycles. The summed E-state index contributed by atoms with van der Waals surface area (Å²) < 4.78 is 0. The number of hydrogen-bond acceptors (Lipinski definition) is 4. The summed E-state index contributed by atoms with van der Waals surface area (Å²) in [5.41, 5.74) is 3.06.